The van der Waals surface area contributed by atoms with E-state index in [1.807, 2.05) is 18.2 Å². The Kier molecular flexibility index (Phi) is 2.15. The maximum absolute atomic E-state index is 5.62. The summed E-state index contributed by atoms with van der Waals surface area (Å²) in [4.78, 5) is 7.58. The highest BCUT2D eigenvalue weighted by atomic mass is 16.5. The fourth-order valence-electron chi connectivity index (χ4n) is 2.05. The molecular formula is C12H13N3O. The first-order valence-electron chi connectivity index (χ1n) is 5.34. The van der Waals surface area contributed by atoms with Crippen LogP contribution < -0.4 is 10.5 Å². The monoisotopic (exact) mass is 215 g/mol. The first-order valence-corrected chi connectivity index (χ1v) is 5.34. The van der Waals surface area contributed by atoms with Crippen molar-refractivity contribution in [1.82, 2.24) is 9.97 Å². The van der Waals surface area contributed by atoms with Crippen LogP contribution in [-0.4, -0.2) is 16.6 Å². The molecule has 0 saturated carbocycles. The number of nitrogens with zero attached hydrogens (tertiary/aromatic N) is 1. The molecular weight excluding hydrogens is 202 g/mol. The number of H-pyrrole nitrogens is 1. The van der Waals surface area contributed by atoms with Crippen molar-refractivity contribution in [2.24, 2.45) is 5.73 Å². The number of ether oxygens (including phenoxy) is 1. The molecule has 4 nitrogen and oxygen atoms in total. The van der Waals surface area contributed by atoms with Crippen LogP contribution in [0.2, 0.25) is 0 Å². The number of fused-ring (bicyclic) bond motifs is 1. The van der Waals surface area contributed by atoms with Gasteiger partial charge in [0.2, 0.25) is 0 Å². The predicted molar refractivity (Wildman–Crippen MR) is 60.3 cm³/mol. The van der Waals surface area contributed by atoms with Crippen molar-refractivity contribution in [3.8, 4) is 5.75 Å². The lowest BCUT2D eigenvalue weighted by Crippen LogP contribution is -2.05. The number of imidazole rings is 1. The second kappa shape index (κ2) is 3.64. The van der Waals surface area contributed by atoms with Crippen LogP contribution in [0.5, 0.6) is 5.75 Å². The van der Waals surface area contributed by atoms with E-state index in [0.717, 1.165) is 17.3 Å². The van der Waals surface area contributed by atoms with E-state index in [1.165, 1.54) is 5.56 Å². The van der Waals surface area contributed by atoms with Crippen molar-refractivity contribution in [1.29, 1.82) is 0 Å². The predicted octanol–water partition coefficient (Wildman–Crippen LogP) is 1.39. The lowest BCUT2D eigenvalue weighted by atomic mass is 10.0. The van der Waals surface area contributed by atoms with Gasteiger partial charge in [-0.05, 0) is 6.07 Å². The highest BCUT2D eigenvalue weighted by Crippen LogP contribution is 2.36. The van der Waals surface area contributed by atoms with Gasteiger partial charge in [0.1, 0.15) is 18.2 Å². The van der Waals surface area contributed by atoms with Crippen molar-refractivity contribution < 1.29 is 4.74 Å². The number of nitrogens with two attached hydrogens (primary N) is 1. The van der Waals surface area contributed by atoms with Gasteiger partial charge in [0, 0.05) is 24.0 Å². The van der Waals surface area contributed by atoms with E-state index in [4.69, 9.17) is 10.5 Å². The fraction of sp³-hybridized carbons (Fsp3) is 0.250. The summed E-state index contributed by atoms with van der Waals surface area (Å²) in [7, 11) is 0. The Bertz CT molecular complexity index is 506. The van der Waals surface area contributed by atoms with Gasteiger partial charge in [-0.2, -0.15) is 0 Å². The Hall–Kier alpha value is -1.81. The molecule has 3 rings (SSSR count). The third kappa shape index (κ3) is 1.39. The number of nitrogens with one attached hydrogen (secondary N) is 1. The minimum Gasteiger partial charge on any atom is -0.492 e. The smallest absolute Gasteiger partial charge is 0.123 e. The number of para-hydroxylation sites is 1. The van der Waals surface area contributed by atoms with Crippen LogP contribution in [0.1, 0.15) is 23.0 Å². The maximum Gasteiger partial charge on any atom is 0.123 e. The van der Waals surface area contributed by atoms with E-state index in [2.05, 4.69) is 16.0 Å². The number of aromatic amines is 1. The number of aromatic nitrogens is 2. The Morgan fingerprint density at radius 1 is 1.44 bits per heavy atom. The number of rotatable bonds is 2. The second-order valence-corrected chi connectivity index (χ2v) is 3.90. The molecule has 1 unspecified atom stereocenters. The average molecular weight is 215 g/mol. The highest BCUT2D eigenvalue weighted by molar-refractivity contribution is 5.42. The zero-order valence-corrected chi connectivity index (χ0v) is 8.81. The van der Waals surface area contributed by atoms with Gasteiger partial charge >= 0.3 is 0 Å². The molecule has 16 heavy (non-hydrogen) atoms. The van der Waals surface area contributed by atoms with Gasteiger partial charge in [0.05, 0.1) is 5.92 Å². The molecule has 1 aliphatic rings. The Labute approximate surface area is 93.5 Å². The Morgan fingerprint density at radius 2 is 2.31 bits per heavy atom. The summed E-state index contributed by atoms with van der Waals surface area (Å²) in [5.41, 5.74) is 7.71. The zero-order chi connectivity index (χ0) is 11.0. The summed E-state index contributed by atoms with van der Waals surface area (Å²) in [5, 5.41) is 0. The number of benzene rings is 1. The van der Waals surface area contributed by atoms with Gasteiger partial charge in [-0.1, -0.05) is 18.2 Å². The van der Waals surface area contributed by atoms with Crippen LogP contribution in [0.4, 0.5) is 0 Å². The van der Waals surface area contributed by atoms with Crippen molar-refractivity contribution in [3.63, 3.8) is 0 Å². The molecule has 4 heteroatoms. The molecule has 0 fully saturated rings. The second-order valence-electron chi connectivity index (χ2n) is 3.90. The molecule has 1 aromatic carbocycles. The van der Waals surface area contributed by atoms with Gasteiger partial charge in [0.15, 0.2) is 0 Å². The van der Waals surface area contributed by atoms with Crippen molar-refractivity contribution >= 4 is 0 Å². The standard InChI is InChI=1S/C12H13N3O/c13-5-8-6-14-12(15-8)10-7-16-11-4-2-1-3-9(10)11/h1-4,6,10H,5,7,13H2,(H,14,15). The van der Waals surface area contributed by atoms with Crippen LogP contribution in [0.3, 0.4) is 0 Å². The topological polar surface area (TPSA) is 63.9 Å². The minimum atomic E-state index is 0.205. The van der Waals surface area contributed by atoms with E-state index in [0.29, 0.717) is 13.2 Å². The van der Waals surface area contributed by atoms with Crippen molar-refractivity contribution in [3.05, 3.63) is 47.5 Å². The molecule has 2 heterocycles. The SMILES string of the molecule is NCc1cnc(C2COc3ccccc32)[nH]1. The molecule has 1 aliphatic heterocycles. The average Bonchev–Trinajstić information content (AvgIpc) is 2.94. The van der Waals surface area contributed by atoms with Crippen molar-refractivity contribution in [2.45, 2.75) is 12.5 Å². The zero-order valence-electron chi connectivity index (χ0n) is 8.81. The summed E-state index contributed by atoms with van der Waals surface area (Å²) in [6, 6.07) is 8.07. The molecule has 0 spiro atoms. The molecule has 0 bridgehead atoms. The first kappa shape index (κ1) is 9.42. The maximum atomic E-state index is 5.62. The van der Waals surface area contributed by atoms with E-state index in [9.17, 15) is 0 Å². The van der Waals surface area contributed by atoms with E-state index >= 15 is 0 Å². The molecule has 1 atom stereocenters. The molecule has 82 valence electrons. The van der Waals surface area contributed by atoms with E-state index in [-0.39, 0.29) is 5.92 Å². The summed E-state index contributed by atoms with van der Waals surface area (Å²) < 4.78 is 5.62. The lowest BCUT2D eigenvalue weighted by Gasteiger charge is -2.04. The van der Waals surface area contributed by atoms with Crippen LogP contribution in [0, 0.1) is 0 Å². The molecule has 2 aromatic rings. The Morgan fingerprint density at radius 3 is 3.12 bits per heavy atom. The van der Waals surface area contributed by atoms with Gasteiger partial charge < -0.3 is 15.5 Å². The fourth-order valence-corrected chi connectivity index (χ4v) is 2.05. The Balaban J connectivity index is 1.98. The van der Waals surface area contributed by atoms with Crippen LogP contribution in [0.25, 0.3) is 0 Å². The molecule has 0 radical (unpaired) electrons. The summed E-state index contributed by atoms with van der Waals surface area (Å²) in [6.07, 6.45) is 1.79. The molecule has 0 amide bonds. The quantitative estimate of drug-likeness (QED) is 0.795. The van der Waals surface area contributed by atoms with Crippen LogP contribution >= 0.6 is 0 Å². The third-order valence-corrected chi connectivity index (χ3v) is 2.90. The van der Waals surface area contributed by atoms with Gasteiger partial charge in [-0.15, -0.1) is 0 Å². The lowest BCUT2D eigenvalue weighted by molar-refractivity contribution is 0.340. The van der Waals surface area contributed by atoms with E-state index in [1.54, 1.807) is 6.20 Å². The van der Waals surface area contributed by atoms with Gasteiger partial charge in [0.25, 0.3) is 0 Å². The molecule has 3 N–H and O–H groups in total. The number of hydrogen-bond acceptors (Lipinski definition) is 3. The van der Waals surface area contributed by atoms with Crippen molar-refractivity contribution in [2.75, 3.05) is 6.61 Å². The van der Waals surface area contributed by atoms with Crippen LogP contribution in [0.15, 0.2) is 30.5 Å². The molecule has 1 aromatic heterocycles. The normalized spacial score (nSPS) is 18.2. The summed E-state index contributed by atoms with van der Waals surface area (Å²) in [6.45, 7) is 1.14. The summed E-state index contributed by atoms with van der Waals surface area (Å²) >= 11 is 0. The van der Waals surface area contributed by atoms with Gasteiger partial charge in [-0.25, -0.2) is 4.98 Å². The van der Waals surface area contributed by atoms with Crippen LogP contribution in [-0.2, 0) is 6.54 Å². The summed E-state index contributed by atoms with van der Waals surface area (Å²) in [5.74, 6) is 2.10. The first-order chi connectivity index (χ1) is 7.88. The third-order valence-electron chi connectivity index (χ3n) is 2.90. The molecule has 0 aliphatic carbocycles. The minimum absolute atomic E-state index is 0.205. The van der Waals surface area contributed by atoms with Gasteiger partial charge in [-0.3, -0.25) is 0 Å². The highest BCUT2D eigenvalue weighted by Gasteiger charge is 2.27. The van der Waals surface area contributed by atoms with E-state index < -0.39 is 0 Å². The number of hydrogen-bond donors (Lipinski definition) is 2. The largest absolute Gasteiger partial charge is 0.492 e. The molecule has 0 saturated heterocycles.